The first kappa shape index (κ1) is 26.1. The van der Waals surface area contributed by atoms with Crippen LogP contribution in [0.1, 0.15) is 118 Å². The Balaban J connectivity index is 1.06. The number of hydrogen-bond acceptors (Lipinski definition) is 4. The second kappa shape index (κ2) is 9.33. The zero-order valence-corrected chi connectivity index (χ0v) is 24.5. The summed E-state index contributed by atoms with van der Waals surface area (Å²) in [6, 6.07) is 0. The number of hydrogen-bond donors (Lipinski definition) is 0. The molecule has 0 radical (unpaired) electrons. The lowest BCUT2D eigenvalue weighted by molar-refractivity contribution is -0.272. The van der Waals surface area contributed by atoms with E-state index >= 15 is 0 Å². The first-order valence-electron chi connectivity index (χ1n) is 16.5. The molecule has 4 heteroatoms. The molecule has 6 fully saturated rings. The predicted molar refractivity (Wildman–Crippen MR) is 148 cm³/mol. The lowest BCUT2D eigenvalue weighted by Crippen LogP contribution is -2.52. The van der Waals surface area contributed by atoms with Gasteiger partial charge in [0.1, 0.15) is 6.10 Å². The lowest BCUT2D eigenvalue weighted by Gasteiger charge is -2.58. The molecule has 212 valence electrons. The van der Waals surface area contributed by atoms with Gasteiger partial charge in [0.25, 0.3) is 0 Å². The highest BCUT2D eigenvalue weighted by Gasteiger charge is 2.68. The van der Waals surface area contributed by atoms with Crippen LogP contribution in [0.25, 0.3) is 0 Å². The van der Waals surface area contributed by atoms with Crippen LogP contribution in [0.2, 0.25) is 0 Å². The standard InChI is InChI=1S/C34H52O4/c1-21-12-17-34(36-20-21)22(2)30-29(38-34)19-28-26-11-10-24-18-25(37-31(35)23-8-6-5-7-9-23)13-15-32(24,3)27(26)14-16-33(28,30)4/h10,21-23,25-30H,5-9,11-20H2,1-4H3/t21-,22-,25-,26+,27-,28-,29-,30+,32-,33-,34+/m0/s1. The summed E-state index contributed by atoms with van der Waals surface area (Å²) in [5.41, 5.74) is 2.27. The average molecular weight is 525 g/mol. The smallest absolute Gasteiger partial charge is 0.309 e. The van der Waals surface area contributed by atoms with E-state index in [1.165, 1.54) is 57.8 Å². The maximum absolute atomic E-state index is 12.9. The van der Waals surface area contributed by atoms with Crippen LogP contribution in [-0.2, 0) is 19.0 Å². The second-order valence-electron chi connectivity index (χ2n) is 15.4. The van der Waals surface area contributed by atoms with E-state index in [1.807, 2.05) is 0 Å². The molecule has 5 aliphatic carbocycles. The molecule has 38 heavy (non-hydrogen) atoms. The molecular weight excluding hydrogens is 472 g/mol. The van der Waals surface area contributed by atoms with Crippen LogP contribution < -0.4 is 0 Å². The average Bonchev–Trinajstić information content (AvgIpc) is 3.36. The van der Waals surface area contributed by atoms with Crippen LogP contribution >= 0.6 is 0 Å². The Bertz CT molecular complexity index is 958. The summed E-state index contributed by atoms with van der Waals surface area (Å²) < 4.78 is 19.6. The third-order valence-electron chi connectivity index (χ3n) is 13.5. The van der Waals surface area contributed by atoms with E-state index < -0.39 is 0 Å². The summed E-state index contributed by atoms with van der Waals surface area (Å²) >= 11 is 0. The van der Waals surface area contributed by atoms with Crippen molar-refractivity contribution in [2.24, 2.45) is 52.3 Å². The minimum atomic E-state index is -0.314. The van der Waals surface area contributed by atoms with Gasteiger partial charge in [0.15, 0.2) is 5.79 Å². The van der Waals surface area contributed by atoms with E-state index in [4.69, 9.17) is 14.2 Å². The van der Waals surface area contributed by atoms with Gasteiger partial charge in [-0.25, -0.2) is 0 Å². The molecule has 4 nitrogen and oxygen atoms in total. The van der Waals surface area contributed by atoms with Crippen LogP contribution in [0, 0.1) is 52.3 Å². The fourth-order valence-electron chi connectivity index (χ4n) is 11.3. The van der Waals surface area contributed by atoms with Crippen molar-refractivity contribution in [2.75, 3.05) is 6.61 Å². The minimum Gasteiger partial charge on any atom is -0.462 e. The fraction of sp³-hybridized carbons (Fsp3) is 0.912. The summed E-state index contributed by atoms with van der Waals surface area (Å²) in [6.07, 6.45) is 19.5. The zero-order chi connectivity index (χ0) is 26.3. The first-order chi connectivity index (χ1) is 18.2. The van der Waals surface area contributed by atoms with Gasteiger partial charge in [0.2, 0.25) is 0 Å². The first-order valence-corrected chi connectivity index (χ1v) is 16.5. The highest BCUT2D eigenvalue weighted by Crippen LogP contribution is 2.70. The molecule has 2 heterocycles. The Morgan fingerprint density at radius 2 is 1.79 bits per heavy atom. The van der Waals surface area contributed by atoms with Gasteiger partial charge >= 0.3 is 5.97 Å². The number of fused-ring (bicyclic) bond motifs is 7. The van der Waals surface area contributed by atoms with Gasteiger partial charge in [-0.1, -0.05) is 58.6 Å². The fourth-order valence-corrected chi connectivity index (χ4v) is 11.3. The van der Waals surface area contributed by atoms with Crippen molar-refractivity contribution in [3.05, 3.63) is 11.6 Å². The van der Waals surface area contributed by atoms with E-state index in [1.54, 1.807) is 5.57 Å². The van der Waals surface area contributed by atoms with Crippen LogP contribution in [0.5, 0.6) is 0 Å². The Morgan fingerprint density at radius 3 is 2.55 bits per heavy atom. The third-order valence-corrected chi connectivity index (χ3v) is 13.5. The summed E-state index contributed by atoms with van der Waals surface area (Å²) in [7, 11) is 0. The molecule has 0 amide bonds. The second-order valence-corrected chi connectivity index (χ2v) is 15.4. The molecule has 0 unspecified atom stereocenters. The molecule has 7 aliphatic rings. The van der Waals surface area contributed by atoms with Crippen molar-refractivity contribution in [3.63, 3.8) is 0 Å². The topological polar surface area (TPSA) is 44.8 Å². The summed E-state index contributed by atoms with van der Waals surface area (Å²) in [4.78, 5) is 12.9. The van der Waals surface area contributed by atoms with Crippen molar-refractivity contribution < 1.29 is 19.0 Å². The van der Waals surface area contributed by atoms with Crippen molar-refractivity contribution in [3.8, 4) is 0 Å². The van der Waals surface area contributed by atoms with Gasteiger partial charge in [-0.2, -0.15) is 0 Å². The maximum Gasteiger partial charge on any atom is 0.309 e. The quantitative estimate of drug-likeness (QED) is 0.273. The predicted octanol–water partition coefficient (Wildman–Crippen LogP) is 7.85. The molecular formula is C34H52O4. The van der Waals surface area contributed by atoms with Crippen molar-refractivity contribution in [1.29, 1.82) is 0 Å². The summed E-state index contributed by atoms with van der Waals surface area (Å²) in [5, 5.41) is 0. The summed E-state index contributed by atoms with van der Waals surface area (Å²) in [6.45, 7) is 10.8. The third kappa shape index (κ3) is 3.85. The van der Waals surface area contributed by atoms with Gasteiger partial charge in [0, 0.05) is 18.8 Å². The molecule has 0 aromatic rings. The summed E-state index contributed by atoms with van der Waals surface area (Å²) in [5.74, 6) is 4.03. The van der Waals surface area contributed by atoms with Gasteiger partial charge < -0.3 is 14.2 Å². The van der Waals surface area contributed by atoms with E-state index in [0.29, 0.717) is 29.3 Å². The molecule has 0 N–H and O–H groups in total. The van der Waals surface area contributed by atoms with E-state index in [0.717, 1.165) is 56.5 Å². The monoisotopic (exact) mass is 524 g/mol. The number of rotatable bonds is 2. The highest BCUT2D eigenvalue weighted by molar-refractivity contribution is 5.72. The molecule has 2 aliphatic heterocycles. The Hall–Kier alpha value is -0.870. The zero-order valence-electron chi connectivity index (χ0n) is 24.5. The molecule has 7 rings (SSSR count). The van der Waals surface area contributed by atoms with Gasteiger partial charge in [0.05, 0.1) is 18.6 Å². The largest absolute Gasteiger partial charge is 0.462 e. The number of allylic oxidation sites excluding steroid dienone is 1. The molecule has 2 saturated heterocycles. The maximum atomic E-state index is 12.9. The molecule has 0 bridgehead atoms. The van der Waals surface area contributed by atoms with Crippen LogP contribution in [0.4, 0.5) is 0 Å². The number of carbonyl (C=O) groups is 1. The SMILES string of the molecule is C[C@H]1CC[C@@]2(OC1)O[C@H]1C[C@H]3[C@@H]4CC=C5C[C@@H](OC(=O)C6CCCCC6)CC[C@]5(C)[C@H]4CC[C@]3(C)[C@@H]1[C@@H]2C. The molecule has 0 aromatic carbocycles. The highest BCUT2D eigenvalue weighted by atomic mass is 16.7. The Labute approximate surface area is 231 Å². The van der Waals surface area contributed by atoms with Gasteiger partial charge in [-0.15, -0.1) is 0 Å². The van der Waals surface area contributed by atoms with E-state index in [9.17, 15) is 4.79 Å². The Morgan fingerprint density at radius 1 is 0.974 bits per heavy atom. The van der Waals surface area contributed by atoms with Crippen LogP contribution in [-0.4, -0.2) is 30.6 Å². The number of ether oxygens (including phenoxy) is 3. The lowest BCUT2D eigenvalue weighted by atomic mass is 9.47. The number of carbonyl (C=O) groups excluding carboxylic acids is 1. The van der Waals surface area contributed by atoms with Gasteiger partial charge in [-0.05, 0) is 98.2 Å². The van der Waals surface area contributed by atoms with E-state index in [2.05, 4.69) is 33.8 Å². The molecule has 4 saturated carbocycles. The minimum absolute atomic E-state index is 0.0989. The van der Waals surface area contributed by atoms with Crippen LogP contribution in [0.3, 0.4) is 0 Å². The number of esters is 1. The van der Waals surface area contributed by atoms with Crippen molar-refractivity contribution >= 4 is 5.97 Å². The molecule has 1 spiro atoms. The van der Waals surface area contributed by atoms with Crippen LogP contribution in [0.15, 0.2) is 11.6 Å². The van der Waals surface area contributed by atoms with Crippen molar-refractivity contribution in [2.45, 2.75) is 136 Å². The molecule has 0 aromatic heterocycles. The van der Waals surface area contributed by atoms with Gasteiger partial charge in [-0.3, -0.25) is 4.79 Å². The van der Waals surface area contributed by atoms with E-state index in [-0.39, 0.29) is 29.2 Å². The molecule has 11 atom stereocenters. The normalized spacial score (nSPS) is 52.5. The Kier molecular flexibility index (Phi) is 6.40. The van der Waals surface area contributed by atoms with Crippen molar-refractivity contribution in [1.82, 2.24) is 0 Å².